The maximum atomic E-state index is 9.78. The molecule has 0 saturated carbocycles. The lowest BCUT2D eigenvalue weighted by molar-refractivity contribution is 0.165. The average molecular weight is 159 g/mol. The van der Waals surface area contributed by atoms with Gasteiger partial charge >= 0.3 is 0 Å². The van der Waals surface area contributed by atoms with E-state index < -0.39 is 6.10 Å². The van der Waals surface area contributed by atoms with Gasteiger partial charge in [-0.15, -0.1) is 0 Å². The monoisotopic (exact) mass is 159 g/mol. The van der Waals surface area contributed by atoms with Crippen LogP contribution >= 0.6 is 0 Å². The minimum Gasteiger partial charge on any atom is -0.396 e. The van der Waals surface area contributed by atoms with Gasteiger partial charge in [0.15, 0.2) is 0 Å². The standard InChI is InChI=1S/C8H15O3/c9-6-3-1-2-4-8(11)5-7-10/h8-9,11H,1-6H2. The highest BCUT2D eigenvalue weighted by Gasteiger charge is 2.01. The van der Waals surface area contributed by atoms with Crippen LogP contribution in [0.1, 0.15) is 32.1 Å². The van der Waals surface area contributed by atoms with E-state index in [9.17, 15) is 4.79 Å². The summed E-state index contributed by atoms with van der Waals surface area (Å²) in [6, 6.07) is 0. The van der Waals surface area contributed by atoms with E-state index in [0.29, 0.717) is 6.42 Å². The summed E-state index contributed by atoms with van der Waals surface area (Å²) in [5, 5.41) is 17.4. The number of aliphatic hydroxyl groups excluding tert-OH is 2. The Balaban J connectivity index is 3.03. The molecule has 11 heavy (non-hydrogen) atoms. The summed E-state index contributed by atoms with van der Waals surface area (Å²) in [5.41, 5.74) is 0. The van der Waals surface area contributed by atoms with E-state index in [-0.39, 0.29) is 13.0 Å². The van der Waals surface area contributed by atoms with Crippen molar-refractivity contribution in [1.29, 1.82) is 0 Å². The number of hydrogen-bond acceptors (Lipinski definition) is 3. The van der Waals surface area contributed by atoms with Crippen LogP contribution in [-0.4, -0.2) is 29.2 Å². The quantitative estimate of drug-likeness (QED) is 0.529. The first-order valence-corrected chi connectivity index (χ1v) is 3.95. The van der Waals surface area contributed by atoms with Crippen molar-refractivity contribution in [1.82, 2.24) is 0 Å². The molecule has 65 valence electrons. The van der Waals surface area contributed by atoms with E-state index in [1.807, 2.05) is 0 Å². The van der Waals surface area contributed by atoms with Crippen LogP contribution in [0.3, 0.4) is 0 Å². The van der Waals surface area contributed by atoms with Crippen LogP contribution in [0.15, 0.2) is 0 Å². The lowest BCUT2D eigenvalue weighted by atomic mass is 10.1. The first-order valence-electron chi connectivity index (χ1n) is 3.95. The maximum absolute atomic E-state index is 9.78. The molecule has 0 bridgehead atoms. The summed E-state index contributed by atoms with van der Waals surface area (Å²) >= 11 is 0. The molecule has 0 rings (SSSR count). The molecule has 0 aliphatic heterocycles. The molecule has 0 aliphatic carbocycles. The summed E-state index contributed by atoms with van der Waals surface area (Å²) in [5.74, 6) is 0. The molecule has 3 nitrogen and oxygen atoms in total. The van der Waals surface area contributed by atoms with Gasteiger partial charge in [-0.2, -0.15) is 0 Å². The van der Waals surface area contributed by atoms with Gasteiger partial charge in [-0.3, -0.25) is 4.79 Å². The summed E-state index contributed by atoms with van der Waals surface area (Å²) in [4.78, 5) is 9.78. The molecular weight excluding hydrogens is 144 g/mol. The topological polar surface area (TPSA) is 57.5 Å². The second-order valence-electron chi connectivity index (χ2n) is 2.58. The molecule has 1 radical (unpaired) electrons. The second kappa shape index (κ2) is 7.69. The molecule has 0 aliphatic rings. The number of carbonyl (C=O) groups excluding carboxylic acids is 1. The molecule has 0 aromatic carbocycles. The van der Waals surface area contributed by atoms with Crippen molar-refractivity contribution in [2.45, 2.75) is 38.2 Å². The highest BCUT2D eigenvalue weighted by Crippen LogP contribution is 2.04. The van der Waals surface area contributed by atoms with Crippen LogP contribution in [0, 0.1) is 0 Å². The normalized spacial score (nSPS) is 12.9. The van der Waals surface area contributed by atoms with Crippen molar-refractivity contribution in [3.8, 4) is 0 Å². The molecule has 0 spiro atoms. The molecular formula is C8H15O3. The fourth-order valence-corrected chi connectivity index (χ4v) is 0.867. The van der Waals surface area contributed by atoms with Gasteiger partial charge in [0.2, 0.25) is 6.29 Å². The second-order valence-corrected chi connectivity index (χ2v) is 2.58. The third kappa shape index (κ3) is 7.49. The summed E-state index contributed by atoms with van der Waals surface area (Å²) in [6.07, 6.45) is 4.42. The van der Waals surface area contributed by atoms with Crippen LogP contribution < -0.4 is 0 Å². The van der Waals surface area contributed by atoms with Crippen molar-refractivity contribution >= 4 is 6.29 Å². The molecule has 0 aromatic heterocycles. The molecule has 1 unspecified atom stereocenters. The lowest BCUT2D eigenvalue weighted by Gasteiger charge is -2.04. The first-order chi connectivity index (χ1) is 5.31. The molecule has 0 amide bonds. The summed E-state index contributed by atoms with van der Waals surface area (Å²) < 4.78 is 0. The molecule has 0 saturated heterocycles. The molecule has 3 heteroatoms. The van der Waals surface area contributed by atoms with Gasteiger partial charge in [-0.05, 0) is 12.8 Å². The Bertz CT molecular complexity index is 93.3. The van der Waals surface area contributed by atoms with Gasteiger partial charge in [0, 0.05) is 13.0 Å². The van der Waals surface area contributed by atoms with E-state index in [1.165, 1.54) is 0 Å². The van der Waals surface area contributed by atoms with Crippen molar-refractivity contribution < 1.29 is 15.0 Å². The third-order valence-electron chi connectivity index (χ3n) is 1.51. The van der Waals surface area contributed by atoms with Crippen LogP contribution in [0.2, 0.25) is 0 Å². The van der Waals surface area contributed by atoms with Gasteiger partial charge in [0.25, 0.3) is 0 Å². The number of aliphatic hydroxyl groups is 2. The number of unbranched alkanes of at least 4 members (excludes halogenated alkanes) is 2. The Labute approximate surface area is 67.0 Å². The maximum Gasteiger partial charge on any atom is 0.201 e. The summed E-state index contributed by atoms with van der Waals surface area (Å²) in [7, 11) is 0. The first kappa shape index (κ1) is 10.6. The SMILES string of the molecule is O=[C]CC(O)CCCCCO. The van der Waals surface area contributed by atoms with Gasteiger partial charge in [-0.25, -0.2) is 0 Å². The molecule has 0 aromatic rings. The Kier molecular flexibility index (Phi) is 7.41. The van der Waals surface area contributed by atoms with E-state index in [4.69, 9.17) is 10.2 Å². The van der Waals surface area contributed by atoms with E-state index in [2.05, 4.69) is 0 Å². The largest absolute Gasteiger partial charge is 0.396 e. The fraction of sp³-hybridized carbons (Fsp3) is 0.875. The number of rotatable bonds is 7. The number of hydrogen-bond donors (Lipinski definition) is 2. The molecule has 1 atom stereocenters. The zero-order valence-electron chi connectivity index (χ0n) is 6.62. The third-order valence-corrected chi connectivity index (χ3v) is 1.51. The van der Waals surface area contributed by atoms with Gasteiger partial charge in [-0.1, -0.05) is 12.8 Å². The zero-order valence-corrected chi connectivity index (χ0v) is 6.62. The van der Waals surface area contributed by atoms with Crippen molar-refractivity contribution in [2.75, 3.05) is 6.61 Å². The van der Waals surface area contributed by atoms with Crippen LogP contribution in [-0.2, 0) is 4.79 Å². The summed E-state index contributed by atoms with van der Waals surface area (Å²) in [6.45, 7) is 0.204. The van der Waals surface area contributed by atoms with Crippen molar-refractivity contribution in [2.24, 2.45) is 0 Å². The van der Waals surface area contributed by atoms with Crippen LogP contribution in [0.5, 0.6) is 0 Å². The Morgan fingerprint density at radius 1 is 1.27 bits per heavy atom. The van der Waals surface area contributed by atoms with E-state index >= 15 is 0 Å². The highest BCUT2D eigenvalue weighted by atomic mass is 16.3. The van der Waals surface area contributed by atoms with Crippen LogP contribution in [0.4, 0.5) is 0 Å². The Morgan fingerprint density at radius 2 is 2.00 bits per heavy atom. The zero-order chi connectivity index (χ0) is 8.53. The highest BCUT2D eigenvalue weighted by molar-refractivity contribution is 5.51. The van der Waals surface area contributed by atoms with Crippen molar-refractivity contribution in [3.63, 3.8) is 0 Å². The van der Waals surface area contributed by atoms with Crippen LogP contribution in [0.25, 0.3) is 0 Å². The average Bonchev–Trinajstić information content (AvgIpc) is 1.99. The smallest absolute Gasteiger partial charge is 0.201 e. The van der Waals surface area contributed by atoms with E-state index in [0.717, 1.165) is 19.3 Å². The Morgan fingerprint density at radius 3 is 2.55 bits per heavy atom. The predicted octanol–water partition coefficient (Wildman–Crippen LogP) is 0.400. The van der Waals surface area contributed by atoms with E-state index in [1.54, 1.807) is 6.29 Å². The van der Waals surface area contributed by atoms with Crippen molar-refractivity contribution in [3.05, 3.63) is 0 Å². The minimum absolute atomic E-state index is 0.110. The minimum atomic E-state index is -0.536. The molecule has 2 N–H and O–H groups in total. The van der Waals surface area contributed by atoms with Gasteiger partial charge in [0.05, 0.1) is 6.10 Å². The molecule has 0 heterocycles. The lowest BCUT2D eigenvalue weighted by Crippen LogP contribution is -2.06. The Hall–Kier alpha value is -0.410. The van der Waals surface area contributed by atoms with Gasteiger partial charge in [0.1, 0.15) is 0 Å². The van der Waals surface area contributed by atoms with Gasteiger partial charge < -0.3 is 10.2 Å². The predicted molar refractivity (Wildman–Crippen MR) is 41.9 cm³/mol. The molecule has 0 fully saturated rings. The fourth-order valence-electron chi connectivity index (χ4n) is 0.867.